The third-order valence-corrected chi connectivity index (χ3v) is 6.22. The van der Waals surface area contributed by atoms with E-state index in [1.807, 2.05) is 24.3 Å². The first-order valence-corrected chi connectivity index (χ1v) is 10.3. The highest BCUT2D eigenvalue weighted by atomic mass is 35.5. The van der Waals surface area contributed by atoms with Gasteiger partial charge in [-0.05, 0) is 87.4 Å². The molecule has 0 amide bonds. The lowest BCUT2D eigenvalue weighted by Crippen LogP contribution is -2.30. The van der Waals surface area contributed by atoms with Crippen LogP contribution in [0.2, 0.25) is 5.02 Å². The van der Waals surface area contributed by atoms with Crippen LogP contribution in [-0.2, 0) is 11.8 Å². The molecule has 1 aliphatic rings. The highest BCUT2D eigenvalue weighted by Gasteiger charge is 2.46. The quantitative estimate of drug-likeness (QED) is 0.551. The average molecular weight is 381 g/mol. The molecular weight excluding hydrogens is 352 g/mol. The number of likely N-dealkylation sites (N-methyl/N-ethyl adjacent to an activating group) is 1. The van der Waals surface area contributed by atoms with Gasteiger partial charge >= 0.3 is 0 Å². The standard InChI is InChI=1S/C24H29ClN2/c1-19-6-3-4-7-20(19)14-17-27(2)16-5-15-24(18-26,21-8-9-21)22-10-12-23(25)13-11-22/h3-4,6-7,10-13,21H,5,8-9,14-17H2,1-2H3. The molecule has 0 heterocycles. The minimum absolute atomic E-state index is 0.346. The number of halogens is 1. The van der Waals surface area contributed by atoms with E-state index in [0.717, 1.165) is 42.9 Å². The van der Waals surface area contributed by atoms with E-state index in [4.69, 9.17) is 11.6 Å². The van der Waals surface area contributed by atoms with E-state index in [0.29, 0.717) is 5.92 Å². The Hall–Kier alpha value is -1.82. The van der Waals surface area contributed by atoms with Crippen molar-refractivity contribution in [2.75, 3.05) is 20.1 Å². The number of benzene rings is 2. The molecule has 3 rings (SSSR count). The van der Waals surface area contributed by atoms with Gasteiger partial charge in [0.2, 0.25) is 0 Å². The molecule has 0 aliphatic heterocycles. The molecule has 142 valence electrons. The molecule has 0 saturated heterocycles. The molecule has 2 aromatic rings. The van der Waals surface area contributed by atoms with E-state index < -0.39 is 0 Å². The Bertz CT molecular complexity index is 789. The lowest BCUT2D eigenvalue weighted by molar-refractivity contribution is 0.308. The first-order valence-electron chi connectivity index (χ1n) is 9.95. The maximum Gasteiger partial charge on any atom is 0.0850 e. The van der Waals surface area contributed by atoms with Crippen molar-refractivity contribution in [2.45, 2.75) is 44.4 Å². The van der Waals surface area contributed by atoms with Crippen LogP contribution in [0.3, 0.4) is 0 Å². The largest absolute Gasteiger partial charge is 0.306 e. The zero-order valence-electron chi connectivity index (χ0n) is 16.4. The highest BCUT2D eigenvalue weighted by molar-refractivity contribution is 6.30. The molecule has 0 N–H and O–H groups in total. The highest BCUT2D eigenvalue weighted by Crippen LogP contribution is 2.50. The van der Waals surface area contributed by atoms with Crippen molar-refractivity contribution in [3.8, 4) is 6.07 Å². The fourth-order valence-electron chi connectivity index (χ4n) is 4.06. The summed E-state index contributed by atoms with van der Waals surface area (Å²) in [4.78, 5) is 2.39. The Kier molecular flexibility index (Phi) is 6.58. The third-order valence-electron chi connectivity index (χ3n) is 5.97. The predicted octanol–water partition coefficient (Wildman–Crippen LogP) is 5.77. The van der Waals surface area contributed by atoms with Gasteiger partial charge in [-0.25, -0.2) is 0 Å². The molecule has 0 radical (unpaired) electrons. The van der Waals surface area contributed by atoms with Crippen LogP contribution in [0.5, 0.6) is 0 Å². The minimum Gasteiger partial charge on any atom is -0.306 e. The molecule has 27 heavy (non-hydrogen) atoms. The van der Waals surface area contributed by atoms with Crippen molar-refractivity contribution in [3.63, 3.8) is 0 Å². The summed E-state index contributed by atoms with van der Waals surface area (Å²) in [7, 11) is 2.19. The van der Waals surface area contributed by atoms with Crippen LogP contribution in [0, 0.1) is 24.2 Å². The van der Waals surface area contributed by atoms with Gasteiger partial charge in [0, 0.05) is 11.6 Å². The van der Waals surface area contributed by atoms with E-state index >= 15 is 0 Å². The van der Waals surface area contributed by atoms with E-state index in [-0.39, 0.29) is 5.41 Å². The van der Waals surface area contributed by atoms with Crippen molar-refractivity contribution < 1.29 is 0 Å². The van der Waals surface area contributed by atoms with E-state index in [1.165, 1.54) is 24.0 Å². The number of rotatable bonds is 9. The van der Waals surface area contributed by atoms with Crippen molar-refractivity contribution in [2.24, 2.45) is 5.92 Å². The number of nitriles is 1. The normalized spacial score (nSPS) is 16.1. The maximum atomic E-state index is 10.1. The number of nitrogens with zero attached hydrogens (tertiary/aromatic N) is 2. The molecule has 2 aromatic carbocycles. The molecule has 1 unspecified atom stereocenters. The van der Waals surface area contributed by atoms with Crippen LogP contribution in [0.15, 0.2) is 48.5 Å². The van der Waals surface area contributed by atoms with Crippen LogP contribution in [-0.4, -0.2) is 25.0 Å². The third kappa shape index (κ3) is 4.92. The summed E-state index contributed by atoms with van der Waals surface area (Å²) in [5, 5.41) is 10.8. The van der Waals surface area contributed by atoms with Crippen molar-refractivity contribution >= 4 is 11.6 Å². The fourth-order valence-corrected chi connectivity index (χ4v) is 4.19. The summed E-state index contributed by atoms with van der Waals surface area (Å²) < 4.78 is 0. The number of hydrogen-bond acceptors (Lipinski definition) is 2. The lowest BCUT2D eigenvalue weighted by Gasteiger charge is -2.28. The smallest absolute Gasteiger partial charge is 0.0850 e. The monoisotopic (exact) mass is 380 g/mol. The number of hydrogen-bond donors (Lipinski definition) is 0. The second kappa shape index (κ2) is 8.91. The van der Waals surface area contributed by atoms with Gasteiger partial charge in [-0.15, -0.1) is 0 Å². The van der Waals surface area contributed by atoms with Crippen molar-refractivity contribution in [3.05, 3.63) is 70.2 Å². The summed E-state index contributed by atoms with van der Waals surface area (Å²) in [5.74, 6) is 0.501. The van der Waals surface area contributed by atoms with Gasteiger partial charge in [0.05, 0.1) is 11.5 Å². The van der Waals surface area contributed by atoms with Crippen molar-refractivity contribution in [1.29, 1.82) is 5.26 Å². The molecule has 1 fully saturated rings. The molecule has 2 nitrogen and oxygen atoms in total. The fraction of sp³-hybridized carbons (Fsp3) is 0.458. The molecule has 1 saturated carbocycles. The van der Waals surface area contributed by atoms with Gasteiger partial charge < -0.3 is 4.90 Å². The van der Waals surface area contributed by atoms with Gasteiger partial charge in [-0.1, -0.05) is 48.0 Å². The Balaban J connectivity index is 1.56. The molecule has 0 bridgehead atoms. The topological polar surface area (TPSA) is 27.0 Å². The van der Waals surface area contributed by atoms with E-state index in [1.54, 1.807) is 0 Å². The maximum absolute atomic E-state index is 10.1. The van der Waals surface area contributed by atoms with Gasteiger partial charge in [-0.3, -0.25) is 0 Å². The van der Waals surface area contributed by atoms with Crippen LogP contribution in [0.25, 0.3) is 0 Å². The zero-order chi connectivity index (χ0) is 19.3. The lowest BCUT2D eigenvalue weighted by atomic mass is 9.74. The Morgan fingerprint density at radius 2 is 1.81 bits per heavy atom. The first kappa shape index (κ1) is 19.9. The Labute approximate surface area is 168 Å². The van der Waals surface area contributed by atoms with Gasteiger partial charge in [-0.2, -0.15) is 5.26 Å². The van der Waals surface area contributed by atoms with E-state index in [2.05, 4.69) is 49.2 Å². The molecule has 3 heteroatoms. The summed E-state index contributed by atoms with van der Waals surface area (Å²) >= 11 is 6.05. The van der Waals surface area contributed by atoms with Crippen LogP contribution in [0.1, 0.15) is 42.4 Å². The van der Waals surface area contributed by atoms with Gasteiger partial charge in [0.1, 0.15) is 0 Å². The molecule has 1 aliphatic carbocycles. The molecule has 0 spiro atoms. The van der Waals surface area contributed by atoms with Crippen LogP contribution in [0.4, 0.5) is 0 Å². The molecule has 1 atom stereocenters. The predicted molar refractivity (Wildman–Crippen MR) is 113 cm³/mol. The summed E-state index contributed by atoms with van der Waals surface area (Å²) in [6, 6.07) is 19.2. The van der Waals surface area contributed by atoms with Gasteiger partial charge in [0.15, 0.2) is 0 Å². The van der Waals surface area contributed by atoms with E-state index in [9.17, 15) is 5.26 Å². The minimum atomic E-state index is -0.346. The van der Waals surface area contributed by atoms with Crippen LogP contribution < -0.4 is 0 Å². The molecule has 0 aromatic heterocycles. The first-order chi connectivity index (χ1) is 13.0. The Morgan fingerprint density at radius 3 is 2.44 bits per heavy atom. The summed E-state index contributed by atoms with van der Waals surface area (Å²) in [5.41, 5.74) is 3.58. The average Bonchev–Trinajstić information content (AvgIpc) is 3.51. The van der Waals surface area contributed by atoms with Crippen LogP contribution >= 0.6 is 11.6 Å². The second-order valence-electron chi connectivity index (χ2n) is 7.95. The zero-order valence-corrected chi connectivity index (χ0v) is 17.2. The second-order valence-corrected chi connectivity index (χ2v) is 8.38. The Morgan fingerprint density at radius 1 is 1.11 bits per heavy atom. The summed E-state index contributed by atoms with van der Waals surface area (Å²) in [6.45, 7) is 4.25. The molecular formula is C24H29ClN2. The number of aryl methyl sites for hydroxylation is 1. The SMILES string of the molecule is Cc1ccccc1CCN(C)CCCC(C#N)(c1ccc(Cl)cc1)C1CC1. The summed E-state index contributed by atoms with van der Waals surface area (Å²) in [6.07, 6.45) is 5.37. The van der Waals surface area contributed by atoms with Gasteiger partial charge in [0.25, 0.3) is 0 Å². The van der Waals surface area contributed by atoms with Crippen molar-refractivity contribution in [1.82, 2.24) is 4.90 Å².